The number of anilines is 1. The number of nitrogens with one attached hydrogen (secondary N) is 1. The number of rotatable bonds is 4. The predicted molar refractivity (Wildman–Crippen MR) is 133 cm³/mol. The van der Waals surface area contributed by atoms with Crippen LogP contribution < -0.4 is 10.2 Å². The van der Waals surface area contributed by atoms with E-state index in [1.165, 1.54) is 18.2 Å². The highest BCUT2D eigenvalue weighted by Crippen LogP contribution is 2.46. The Bertz CT molecular complexity index is 1350. The lowest BCUT2D eigenvalue weighted by Crippen LogP contribution is -2.29. The van der Waals surface area contributed by atoms with Crippen LogP contribution in [-0.2, 0) is 0 Å². The molecule has 0 spiro atoms. The molecule has 0 radical (unpaired) electrons. The first-order valence-corrected chi connectivity index (χ1v) is 11.5. The molecule has 1 aliphatic rings. The number of furan rings is 1. The van der Waals surface area contributed by atoms with E-state index in [0.717, 1.165) is 5.69 Å². The summed E-state index contributed by atoms with van der Waals surface area (Å²) in [5, 5.41) is 14.8. The Morgan fingerprint density at radius 1 is 1.12 bits per heavy atom. The van der Waals surface area contributed by atoms with Gasteiger partial charge in [0.15, 0.2) is 5.11 Å². The van der Waals surface area contributed by atoms with Gasteiger partial charge in [0.2, 0.25) is 0 Å². The maximum atomic E-state index is 13.6. The second-order valence-corrected chi connectivity index (χ2v) is 9.13. The molecule has 5 nitrogen and oxygen atoms in total. The van der Waals surface area contributed by atoms with Gasteiger partial charge in [-0.15, -0.1) is 0 Å². The van der Waals surface area contributed by atoms with Crippen LogP contribution in [-0.4, -0.2) is 15.2 Å². The lowest BCUT2D eigenvalue weighted by Gasteiger charge is -2.26. The molecule has 0 bridgehead atoms. The molecule has 166 valence electrons. The van der Waals surface area contributed by atoms with Crippen molar-refractivity contribution in [2.45, 2.75) is 12.1 Å². The van der Waals surface area contributed by atoms with E-state index in [1.807, 2.05) is 30.3 Å². The van der Waals surface area contributed by atoms with Crippen molar-refractivity contribution in [3.8, 4) is 17.1 Å². The molecule has 4 aromatic rings. The van der Waals surface area contributed by atoms with Crippen LogP contribution >= 0.6 is 39.7 Å². The van der Waals surface area contributed by atoms with Crippen molar-refractivity contribution < 1.29 is 13.9 Å². The quantitative estimate of drug-likeness (QED) is 0.276. The Kier molecular flexibility index (Phi) is 5.82. The zero-order valence-electron chi connectivity index (χ0n) is 16.9. The van der Waals surface area contributed by atoms with Gasteiger partial charge in [0.25, 0.3) is 0 Å². The number of phenols is 1. The number of phenolic OH excluding ortho intramolecular Hbond substituents is 1. The molecule has 0 amide bonds. The van der Waals surface area contributed by atoms with Crippen molar-refractivity contribution in [3.05, 3.63) is 99.7 Å². The van der Waals surface area contributed by atoms with E-state index in [1.54, 1.807) is 29.3 Å². The Morgan fingerprint density at radius 3 is 2.73 bits per heavy atom. The number of pyridine rings is 1. The van der Waals surface area contributed by atoms with Gasteiger partial charge in [0, 0.05) is 21.3 Å². The summed E-state index contributed by atoms with van der Waals surface area (Å²) < 4.78 is 20.4. The summed E-state index contributed by atoms with van der Waals surface area (Å²) in [5.74, 6) is 0.831. The average Bonchev–Trinajstić information content (AvgIpc) is 3.40. The number of aromatic nitrogens is 1. The van der Waals surface area contributed by atoms with Crippen LogP contribution in [0.4, 0.5) is 10.1 Å². The topological polar surface area (TPSA) is 61.5 Å². The molecule has 0 saturated carbocycles. The van der Waals surface area contributed by atoms with E-state index < -0.39 is 6.04 Å². The Hall–Kier alpha value is -2.94. The Morgan fingerprint density at radius 2 is 1.97 bits per heavy atom. The van der Waals surface area contributed by atoms with Crippen LogP contribution in [0.15, 0.2) is 81.8 Å². The second-order valence-electron chi connectivity index (χ2n) is 7.46. The molecule has 2 aromatic carbocycles. The maximum Gasteiger partial charge on any atom is 0.174 e. The van der Waals surface area contributed by atoms with Gasteiger partial charge in [0.05, 0.1) is 17.4 Å². The summed E-state index contributed by atoms with van der Waals surface area (Å²) in [4.78, 5) is 6.28. The average molecular weight is 545 g/mol. The number of hydrogen-bond acceptors (Lipinski definition) is 4. The molecule has 9 heteroatoms. The first-order chi connectivity index (χ1) is 15.9. The first kappa shape index (κ1) is 21.9. The first-order valence-electron chi connectivity index (χ1n) is 9.96. The van der Waals surface area contributed by atoms with Crippen molar-refractivity contribution in [1.29, 1.82) is 0 Å². The number of hydrogen-bond donors (Lipinski definition) is 2. The summed E-state index contributed by atoms with van der Waals surface area (Å²) in [6.45, 7) is 0. The zero-order valence-corrected chi connectivity index (χ0v) is 20.0. The van der Waals surface area contributed by atoms with Gasteiger partial charge < -0.3 is 19.7 Å². The summed E-state index contributed by atoms with van der Waals surface area (Å²) in [6, 6.07) is 17.7. The molecule has 1 aliphatic heterocycles. The largest absolute Gasteiger partial charge is 0.506 e. The van der Waals surface area contributed by atoms with Crippen LogP contribution in [0.1, 0.15) is 23.5 Å². The van der Waals surface area contributed by atoms with Crippen LogP contribution in [0.25, 0.3) is 11.3 Å². The van der Waals surface area contributed by atoms with Gasteiger partial charge in [-0.2, -0.15) is 0 Å². The monoisotopic (exact) mass is 543 g/mol. The normalized spacial score (nSPS) is 17.9. The molecule has 5 rings (SSSR count). The Balaban J connectivity index is 1.63. The maximum absolute atomic E-state index is 13.6. The van der Waals surface area contributed by atoms with Crippen molar-refractivity contribution in [1.82, 2.24) is 10.3 Å². The lowest BCUT2D eigenvalue weighted by molar-refractivity contribution is 0.434. The zero-order chi connectivity index (χ0) is 23.1. The summed E-state index contributed by atoms with van der Waals surface area (Å²) in [5.41, 5.74) is 1.92. The SMILES string of the molecule is Oc1ccc(Cl)cc1N1C(=S)NC(c2ccccn2)C1c1ccc(-c2ccc(F)cc2Br)o1. The lowest BCUT2D eigenvalue weighted by atomic mass is 10.0. The van der Waals surface area contributed by atoms with Crippen molar-refractivity contribution >= 4 is 50.5 Å². The second kappa shape index (κ2) is 8.78. The molecule has 2 N–H and O–H groups in total. The molecule has 3 heterocycles. The van der Waals surface area contributed by atoms with E-state index in [2.05, 4.69) is 26.2 Å². The number of aromatic hydroxyl groups is 1. The van der Waals surface area contributed by atoms with Crippen LogP contribution in [0.3, 0.4) is 0 Å². The standard InChI is InChI=1S/C24H16BrClFN3O2S/c25-16-12-14(27)5-6-15(16)20-8-9-21(32-20)23-22(17-3-1-2-10-28-17)29-24(33)30(23)18-11-13(26)4-7-19(18)31/h1-12,22-23,31H,(H,29,33). The van der Waals surface area contributed by atoms with E-state index in [4.69, 9.17) is 28.2 Å². The van der Waals surface area contributed by atoms with E-state index in [0.29, 0.717) is 37.4 Å². The summed E-state index contributed by atoms with van der Waals surface area (Å²) in [7, 11) is 0. The number of benzene rings is 2. The van der Waals surface area contributed by atoms with Crippen LogP contribution in [0, 0.1) is 5.82 Å². The number of halogens is 3. The fourth-order valence-electron chi connectivity index (χ4n) is 3.94. The van der Waals surface area contributed by atoms with Crippen molar-refractivity contribution in [2.75, 3.05) is 4.90 Å². The minimum absolute atomic E-state index is 0.0308. The fourth-order valence-corrected chi connectivity index (χ4v) is 4.99. The fraction of sp³-hybridized carbons (Fsp3) is 0.0833. The molecule has 1 fully saturated rings. The van der Waals surface area contributed by atoms with Crippen LogP contribution in [0.5, 0.6) is 5.75 Å². The van der Waals surface area contributed by atoms with Gasteiger partial charge in [-0.25, -0.2) is 4.39 Å². The highest BCUT2D eigenvalue weighted by Gasteiger charge is 2.43. The van der Waals surface area contributed by atoms with Crippen molar-refractivity contribution in [3.63, 3.8) is 0 Å². The molecule has 0 aliphatic carbocycles. The molecular weight excluding hydrogens is 529 g/mol. The van der Waals surface area contributed by atoms with E-state index in [9.17, 15) is 9.50 Å². The van der Waals surface area contributed by atoms with E-state index >= 15 is 0 Å². The molecule has 33 heavy (non-hydrogen) atoms. The molecule has 1 saturated heterocycles. The summed E-state index contributed by atoms with van der Waals surface area (Å²) >= 11 is 15.3. The molecule has 2 aromatic heterocycles. The Labute approximate surface area is 208 Å². The molecule has 2 atom stereocenters. The van der Waals surface area contributed by atoms with E-state index in [-0.39, 0.29) is 17.6 Å². The third-order valence-electron chi connectivity index (χ3n) is 5.41. The van der Waals surface area contributed by atoms with Gasteiger partial charge >= 0.3 is 0 Å². The minimum atomic E-state index is -0.468. The van der Waals surface area contributed by atoms with Gasteiger partial charge in [-0.1, -0.05) is 17.7 Å². The summed E-state index contributed by atoms with van der Waals surface area (Å²) in [6.07, 6.45) is 1.71. The van der Waals surface area contributed by atoms with Gasteiger partial charge in [0.1, 0.15) is 29.1 Å². The number of thiocarbonyl (C=S) groups is 1. The third-order valence-corrected chi connectivity index (χ3v) is 6.62. The highest BCUT2D eigenvalue weighted by atomic mass is 79.9. The highest BCUT2D eigenvalue weighted by molar-refractivity contribution is 9.10. The van der Waals surface area contributed by atoms with Crippen LogP contribution in [0.2, 0.25) is 5.02 Å². The minimum Gasteiger partial charge on any atom is -0.506 e. The smallest absolute Gasteiger partial charge is 0.174 e. The third kappa shape index (κ3) is 4.10. The predicted octanol–water partition coefficient (Wildman–Crippen LogP) is 6.78. The molecular formula is C24H16BrClFN3O2S. The number of nitrogens with zero attached hydrogens (tertiary/aromatic N) is 2. The molecule has 2 unspecified atom stereocenters. The van der Waals surface area contributed by atoms with Gasteiger partial charge in [-0.3, -0.25) is 4.98 Å². The van der Waals surface area contributed by atoms with Gasteiger partial charge in [-0.05, 0) is 88.8 Å². The van der Waals surface area contributed by atoms with Crippen molar-refractivity contribution in [2.24, 2.45) is 0 Å².